The SMILES string of the molecule is Cc1coc(CC(=O)O)c1C(=O)N(C)CCOc1ccc(C(F)(F)F)cc1. The standard InChI is InChI=1S/C18H18F3NO5/c1-11-10-27-14(9-15(23)24)16(11)17(25)22(2)7-8-26-13-5-3-12(4-6-13)18(19,20)21/h3-6,10H,7-9H2,1-2H3,(H,23,24). The number of nitrogens with zero attached hydrogens (tertiary/aromatic N) is 1. The number of aliphatic carboxylic acids is 1. The summed E-state index contributed by atoms with van der Waals surface area (Å²) in [5.41, 5.74) is -0.0651. The van der Waals surface area contributed by atoms with Crippen LogP contribution >= 0.6 is 0 Å². The molecule has 0 bridgehead atoms. The number of likely N-dealkylation sites (N-methyl/N-ethyl adjacent to an activating group) is 1. The third-order valence-corrected chi connectivity index (χ3v) is 3.80. The summed E-state index contributed by atoms with van der Waals surface area (Å²) in [4.78, 5) is 24.7. The fraction of sp³-hybridized carbons (Fsp3) is 0.333. The van der Waals surface area contributed by atoms with Crippen LogP contribution in [-0.2, 0) is 17.4 Å². The second kappa shape index (κ2) is 8.15. The molecule has 2 rings (SSSR count). The minimum absolute atomic E-state index is 0.0543. The van der Waals surface area contributed by atoms with E-state index in [1.54, 1.807) is 6.92 Å². The largest absolute Gasteiger partial charge is 0.492 e. The Bertz CT molecular complexity index is 811. The predicted molar refractivity (Wildman–Crippen MR) is 88.7 cm³/mol. The van der Waals surface area contributed by atoms with Gasteiger partial charge in [-0.2, -0.15) is 13.2 Å². The van der Waals surface area contributed by atoms with Gasteiger partial charge in [-0.15, -0.1) is 0 Å². The Labute approximate surface area is 153 Å². The van der Waals surface area contributed by atoms with E-state index in [1.165, 1.54) is 30.3 Å². The number of ether oxygens (including phenoxy) is 1. The van der Waals surface area contributed by atoms with E-state index < -0.39 is 30.0 Å². The molecule has 146 valence electrons. The van der Waals surface area contributed by atoms with E-state index in [0.29, 0.717) is 5.56 Å². The Morgan fingerprint density at radius 1 is 1.22 bits per heavy atom. The van der Waals surface area contributed by atoms with Gasteiger partial charge in [0.15, 0.2) is 0 Å². The molecule has 2 aromatic rings. The van der Waals surface area contributed by atoms with E-state index in [4.69, 9.17) is 14.3 Å². The van der Waals surface area contributed by atoms with E-state index in [1.807, 2.05) is 0 Å². The molecule has 0 unspecified atom stereocenters. The quantitative estimate of drug-likeness (QED) is 0.790. The number of carbonyl (C=O) groups excluding carboxylic acids is 1. The van der Waals surface area contributed by atoms with Crippen molar-refractivity contribution in [2.45, 2.75) is 19.5 Å². The maximum Gasteiger partial charge on any atom is 0.416 e. The molecule has 6 nitrogen and oxygen atoms in total. The van der Waals surface area contributed by atoms with Crippen molar-refractivity contribution in [3.8, 4) is 5.75 Å². The molecule has 0 radical (unpaired) electrons. The van der Waals surface area contributed by atoms with Gasteiger partial charge in [0, 0.05) is 12.6 Å². The van der Waals surface area contributed by atoms with E-state index in [0.717, 1.165) is 12.1 Å². The molecular formula is C18H18F3NO5. The van der Waals surface area contributed by atoms with Crippen LogP contribution in [0.25, 0.3) is 0 Å². The molecule has 0 atom stereocenters. The van der Waals surface area contributed by atoms with Crippen LogP contribution in [0.4, 0.5) is 13.2 Å². The maximum absolute atomic E-state index is 12.5. The second-order valence-electron chi connectivity index (χ2n) is 5.88. The van der Waals surface area contributed by atoms with E-state index in [2.05, 4.69) is 0 Å². The molecule has 9 heteroatoms. The number of furan rings is 1. The zero-order valence-corrected chi connectivity index (χ0v) is 14.7. The summed E-state index contributed by atoms with van der Waals surface area (Å²) >= 11 is 0. The van der Waals surface area contributed by atoms with Crippen molar-refractivity contribution in [3.63, 3.8) is 0 Å². The molecular weight excluding hydrogens is 367 g/mol. The average molecular weight is 385 g/mol. The molecule has 1 heterocycles. The fourth-order valence-electron chi connectivity index (χ4n) is 2.39. The first kappa shape index (κ1) is 20.3. The van der Waals surface area contributed by atoms with Crippen LogP contribution < -0.4 is 4.74 Å². The molecule has 0 saturated heterocycles. The number of carboxylic acid groups (broad SMARTS) is 1. The third-order valence-electron chi connectivity index (χ3n) is 3.80. The van der Waals surface area contributed by atoms with Gasteiger partial charge in [-0.25, -0.2) is 0 Å². The second-order valence-corrected chi connectivity index (χ2v) is 5.88. The molecule has 0 fully saturated rings. The minimum atomic E-state index is -4.42. The highest BCUT2D eigenvalue weighted by molar-refractivity contribution is 5.97. The Morgan fingerprint density at radius 3 is 2.41 bits per heavy atom. The van der Waals surface area contributed by atoms with Gasteiger partial charge in [0.05, 0.1) is 23.9 Å². The van der Waals surface area contributed by atoms with Crippen LogP contribution in [0.2, 0.25) is 0 Å². The molecule has 0 aliphatic carbocycles. The van der Waals surface area contributed by atoms with Crippen LogP contribution in [0.3, 0.4) is 0 Å². The zero-order valence-electron chi connectivity index (χ0n) is 14.7. The molecule has 1 N–H and O–H groups in total. The lowest BCUT2D eigenvalue weighted by molar-refractivity contribution is -0.138. The monoisotopic (exact) mass is 385 g/mol. The van der Waals surface area contributed by atoms with Gasteiger partial charge in [-0.05, 0) is 31.2 Å². The number of aryl methyl sites for hydroxylation is 1. The topological polar surface area (TPSA) is 80.0 Å². The Hall–Kier alpha value is -2.97. The number of amides is 1. The molecule has 1 amide bonds. The Morgan fingerprint density at radius 2 is 1.85 bits per heavy atom. The first-order valence-corrected chi connectivity index (χ1v) is 7.94. The zero-order chi connectivity index (χ0) is 20.2. The van der Waals surface area contributed by atoms with Crippen molar-refractivity contribution in [2.24, 2.45) is 0 Å². The van der Waals surface area contributed by atoms with Gasteiger partial charge in [-0.1, -0.05) is 0 Å². The Balaban J connectivity index is 1.94. The molecule has 1 aromatic carbocycles. The lowest BCUT2D eigenvalue weighted by Crippen LogP contribution is -2.31. The van der Waals surface area contributed by atoms with Crippen molar-refractivity contribution in [1.29, 1.82) is 0 Å². The fourth-order valence-corrected chi connectivity index (χ4v) is 2.39. The molecule has 1 aromatic heterocycles. The van der Waals surface area contributed by atoms with Gasteiger partial charge in [0.2, 0.25) is 0 Å². The van der Waals surface area contributed by atoms with Gasteiger partial charge in [0.1, 0.15) is 24.5 Å². The van der Waals surface area contributed by atoms with E-state index in [-0.39, 0.29) is 30.2 Å². The van der Waals surface area contributed by atoms with Crippen molar-refractivity contribution in [2.75, 3.05) is 20.2 Å². The summed E-state index contributed by atoms with van der Waals surface area (Å²) in [6.07, 6.45) is -3.51. The summed E-state index contributed by atoms with van der Waals surface area (Å²) in [7, 11) is 1.51. The third kappa shape index (κ3) is 5.25. The number of carboxylic acids is 1. The van der Waals surface area contributed by atoms with Crippen LogP contribution in [0.1, 0.15) is 27.2 Å². The van der Waals surface area contributed by atoms with Gasteiger partial charge in [-0.3, -0.25) is 9.59 Å². The summed E-state index contributed by atoms with van der Waals surface area (Å²) in [5.74, 6) is -1.23. The molecule has 27 heavy (non-hydrogen) atoms. The number of carbonyl (C=O) groups is 2. The maximum atomic E-state index is 12.5. The first-order chi connectivity index (χ1) is 12.6. The molecule has 0 saturated carbocycles. The number of halogens is 3. The lowest BCUT2D eigenvalue weighted by atomic mass is 10.1. The van der Waals surface area contributed by atoms with Crippen LogP contribution in [0.15, 0.2) is 34.9 Å². The molecule has 0 spiro atoms. The summed E-state index contributed by atoms with van der Waals surface area (Å²) in [6.45, 7) is 1.84. The number of rotatable bonds is 7. The highest BCUT2D eigenvalue weighted by atomic mass is 19.4. The van der Waals surface area contributed by atoms with Crippen molar-refractivity contribution >= 4 is 11.9 Å². The van der Waals surface area contributed by atoms with Crippen LogP contribution in [0.5, 0.6) is 5.75 Å². The normalized spacial score (nSPS) is 11.3. The summed E-state index contributed by atoms with van der Waals surface area (Å²) in [6, 6.07) is 4.24. The van der Waals surface area contributed by atoms with Gasteiger partial charge >= 0.3 is 12.1 Å². The molecule has 0 aliphatic heterocycles. The number of alkyl halides is 3. The van der Waals surface area contributed by atoms with Crippen molar-refractivity contribution in [1.82, 2.24) is 4.90 Å². The van der Waals surface area contributed by atoms with Crippen molar-refractivity contribution in [3.05, 3.63) is 53.0 Å². The number of hydrogen-bond donors (Lipinski definition) is 1. The highest BCUT2D eigenvalue weighted by Crippen LogP contribution is 2.30. The first-order valence-electron chi connectivity index (χ1n) is 7.94. The van der Waals surface area contributed by atoms with Gasteiger partial charge < -0.3 is 19.2 Å². The summed E-state index contributed by atoms with van der Waals surface area (Å²) in [5, 5.41) is 8.88. The summed E-state index contributed by atoms with van der Waals surface area (Å²) < 4.78 is 48.0. The van der Waals surface area contributed by atoms with E-state index >= 15 is 0 Å². The highest BCUT2D eigenvalue weighted by Gasteiger charge is 2.30. The molecule has 0 aliphatic rings. The average Bonchev–Trinajstić information content (AvgIpc) is 2.93. The van der Waals surface area contributed by atoms with Crippen LogP contribution in [0, 0.1) is 6.92 Å². The predicted octanol–water partition coefficient (Wildman–Crippen LogP) is 3.38. The lowest BCUT2D eigenvalue weighted by Gasteiger charge is -2.18. The van der Waals surface area contributed by atoms with E-state index in [9.17, 15) is 22.8 Å². The number of benzene rings is 1. The smallest absolute Gasteiger partial charge is 0.416 e. The Kier molecular flexibility index (Phi) is 6.14. The van der Waals surface area contributed by atoms with Gasteiger partial charge in [0.25, 0.3) is 5.91 Å². The minimum Gasteiger partial charge on any atom is -0.492 e. The number of hydrogen-bond acceptors (Lipinski definition) is 4. The van der Waals surface area contributed by atoms with Crippen LogP contribution in [-0.4, -0.2) is 42.1 Å². The van der Waals surface area contributed by atoms with Crippen molar-refractivity contribution < 1.29 is 37.0 Å².